The van der Waals surface area contributed by atoms with Crippen molar-refractivity contribution in [3.05, 3.63) is 36.5 Å². The molecule has 7 unspecified atom stereocenters. The molecule has 1 aliphatic rings. The van der Waals surface area contributed by atoms with E-state index in [2.05, 4.69) is 26.0 Å². The molecule has 12 nitrogen and oxygen atoms in total. The minimum absolute atomic E-state index is 0.0377. The molecule has 1 heterocycles. The fraction of sp³-hybridized carbons (Fsp3) is 0.848. The third-order valence-corrected chi connectivity index (χ3v) is 11.5. The van der Waals surface area contributed by atoms with Crippen LogP contribution in [0.25, 0.3) is 0 Å². The van der Waals surface area contributed by atoms with Gasteiger partial charge >= 0.3 is 13.8 Å². The van der Waals surface area contributed by atoms with E-state index in [1.165, 1.54) is 64.2 Å². The molecule has 0 aromatic carbocycles. The number of aliphatic hydroxyl groups is 3. The van der Waals surface area contributed by atoms with Gasteiger partial charge in [0.05, 0.1) is 52.7 Å². The Labute approximate surface area is 359 Å². The molecule has 0 amide bonds. The predicted octanol–water partition coefficient (Wildman–Crippen LogP) is 9.49. The Morgan fingerprint density at radius 2 is 1.37 bits per heavy atom. The first kappa shape index (κ1) is 55.6. The topological polar surface area (TPSA) is 161 Å². The van der Waals surface area contributed by atoms with Gasteiger partial charge in [-0.15, -0.1) is 0 Å². The van der Waals surface area contributed by atoms with Crippen LogP contribution in [0.2, 0.25) is 0 Å². The Morgan fingerprint density at radius 1 is 0.780 bits per heavy atom. The highest BCUT2D eigenvalue weighted by Gasteiger charge is 2.35. The van der Waals surface area contributed by atoms with Crippen molar-refractivity contribution in [1.29, 1.82) is 0 Å². The van der Waals surface area contributed by atoms with Crippen molar-refractivity contribution >= 4 is 13.8 Å². The number of rotatable bonds is 38. The van der Waals surface area contributed by atoms with E-state index >= 15 is 0 Å². The lowest BCUT2D eigenvalue weighted by Gasteiger charge is -2.36. The number of hydrogen-bond acceptors (Lipinski definition) is 10. The molecule has 59 heavy (non-hydrogen) atoms. The summed E-state index contributed by atoms with van der Waals surface area (Å²) in [6.07, 6.45) is 30.8. The van der Waals surface area contributed by atoms with Gasteiger partial charge in [0.25, 0.3) is 0 Å². The normalized spacial score (nSPS) is 21.1. The number of ether oxygens (including phenoxy) is 3. The molecule has 0 aromatic rings. The molecule has 1 aliphatic heterocycles. The first-order chi connectivity index (χ1) is 28.3. The molecular formula is C46H87NO11P+. The molecule has 0 spiro atoms. The Kier molecular flexibility index (Phi) is 33.0. The molecule has 0 radical (unpaired) electrons. The smallest absolute Gasteiger partial charge is 0.457 e. The zero-order valence-electron chi connectivity index (χ0n) is 37.8. The summed E-state index contributed by atoms with van der Waals surface area (Å²) in [5.41, 5.74) is 0. The van der Waals surface area contributed by atoms with Gasteiger partial charge in [-0.1, -0.05) is 127 Å². The Morgan fingerprint density at radius 3 is 2.03 bits per heavy atom. The average Bonchev–Trinajstić information content (AvgIpc) is 3.17. The average molecular weight is 861 g/mol. The van der Waals surface area contributed by atoms with Crippen LogP contribution in [0.1, 0.15) is 162 Å². The second-order valence-electron chi connectivity index (χ2n) is 17.3. The van der Waals surface area contributed by atoms with E-state index < -0.39 is 44.5 Å². The summed E-state index contributed by atoms with van der Waals surface area (Å²) in [5.74, 6) is -0.741. The number of esters is 1. The maximum Gasteiger partial charge on any atom is 0.472 e. The maximum absolute atomic E-state index is 12.8. The van der Waals surface area contributed by atoms with E-state index in [1.54, 1.807) is 12.2 Å². The van der Waals surface area contributed by atoms with E-state index in [4.69, 9.17) is 23.3 Å². The van der Waals surface area contributed by atoms with Crippen LogP contribution in [-0.4, -0.2) is 115 Å². The molecule has 1 fully saturated rings. The summed E-state index contributed by atoms with van der Waals surface area (Å²) in [4.78, 5) is 23.1. The molecule has 346 valence electrons. The standard InChI is InChI=1S/C46H86NO11P/c1-6-8-10-11-12-13-14-15-16-17-18-19-20-21-24-28-35-54-38-41(39-56-59(52,53)55-36-34-47(3,4)5)57-45(50)31-27-23-22-26-30-42-43(49)37-46(51)58-44(42)33-32-40(48)29-25-9-7-2/h15-16,22,26,32-33,40-44,46,48-49,51H,6-14,17-21,23-25,27-31,34-39H2,1-5H3/p+1/b16-15-,26-22-,33-32+. The summed E-state index contributed by atoms with van der Waals surface area (Å²) < 4.78 is 40.7. The lowest BCUT2D eigenvalue weighted by molar-refractivity contribution is -0.870. The summed E-state index contributed by atoms with van der Waals surface area (Å²) in [7, 11) is 1.50. The quantitative estimate of drug-likeness (QED) is 0.0154. The predicted molar refractivity (Wildman–Crippen MR) is 237 cm³/mol. The van der Waals surface area contributed by atoms with Crippen LogP contribution in [0, 0.1) is 5.92 Å². The van der Waals surface area contributed by atoms with Gasteiger partial charge in [0, 0.05) is 25.4 Å². The molecule has 0 aliphatic carbocycles. The Hall–Kier alpha value is -1.44. The van der Waals surface area contributed by atoms with Gasteiger partial charge < -0.3 is 38.9 Å². The minimum atomic E-state index is -4.36. The van der Waals surface area contributed by atoms with Gasteiger partial charge in [0.2, 0.25) is 0 Å². The highest BCUT2D eigenvalue weighted by molar-refractivity contribution is 7.47. The lowest BCUT2D eigenvalue weighted by Crippen LogP contribution is -2.43. The van der Waals surface area contributed by atoms with Gasteiger partial charge in [-0.05, 0) is 57.8 Å². The number of likely N-dealkylation sites (N-methyl/N-ethyl adjacent to an activating group) is 1. The SMILES string of the molecule is CCCCCCCC/C=C\CCCCCCCCOCC(COP(=O)(O)OCC[N+](C)(C)C)OC(=O)CCC/C=C\CC1C(O)CC(O)OC1/C=C/C(O)CCCCC. The third kappa shape index (κ3) is 32.9. The van der Waals surface area contributed by atoms with E-state index in [0.717, 1.165) is 44.9 Å². The van der Waals surface area contributed by atoms with Crippen LogP contribution in [0.3, 0.4) is 0 Å². The molecule has 4 N–H and O–H groups in total. The second-order valence-corrected chi connectivity index (χ2v) is 18.8. The molecule has 1 rings (SSSR count). The third-order valence-electron chi connectivity index (χ3n) is 10.5. The summed E-state index contributed by atoms with van der Waals surface area (Å²) in [6.45, 7) is 5.12. The van der Waals surface area contributed by atoms with Crippen LogP contribution in [0.4, 0.5) is 0 Å². The summed E-state index contributed by atoms with van der Waals surface area (Å²) in [5, 5.41) is 31.0. The van der Waals surface area contributed by atoms with Crippen LogP contribution >= 0.6 is 7.82 Å². The summed E-state index contributed by atoms with van der Waals surface area (Å²) in [6, 6.07) is 0. The summed E-state index contributed by atoms with van der Waals surface area (Å²) >= 11 is 0. The number of phosphoric acid groups is 1. The number of carbonyl (C=O) groups excluding carboxylic acids is 1. The monoisotopic (exact) mass is 861 g/mol. The van der Waals surface area contributed by atoms with Crippen LogP contribution in [0.15, 0.2) is 36.5 Å². The van der Waals surface area contributed by atoms with Crippen molar-refractivity contribution in [3.63, 3.8) is 0 Å². The van der Waals surface area contributed by atoms with Crippen LogP contribution < -0.4 is 0 Å². The molecule has 0 bridgehead atoms. The number of unbranched alkanes of at least 4 members (excludes halogenated alkanes) is 15. The number of nitrogens with zero attached hydrogens (tertiary/aromatic N) is 1. The molecule has 13 heteroatoms. The molecule has 0 aromatic heterocycles. The van der Waals surface area contributed by atoms with Gasteiger partial charge in [0.15, 0.2) is 6.29 Å². The number of carbonyl (C=O) groups is 1. The van der Waals surface area contributed by atoms with Gasteiger partial charge in [-0.2, -0.15) is 0 Å². The van der Waals surface area contributed by atoms with Crippen LogP contribution in [-0.2, 0) is 32.6 Å². The fourth-order valence-electron chi connectivity index (χ4n) is 6.76. The van der Waals surface area contributed by atoms with E-state index in [0.29, 0.717) is 43.3 Å². The van der Waals surface area contributed by atoms with Crippen molar-refractivity contribution in [2.45, 2.75) is 192 Å². The van der Waals surface area contributed by atoms with Gasteiger partial charge in [-0.25, -0.2) is 4.57 Å². The number of aliphatic hydroxyl groups excluding tert-OH is 3. The van der Waals surface area contributed by atoms with E-state index in [9.17, 15) is 29.6 Å². The van der Waals surface area contributed by atoms with Crippen molar-refractivity contribution < 1.29 is 57.3 Å². The second kappa shape index (κ2) is 35.1. The number of allylic oxidation sites excluding steroid dienone is 4. The maximum atomic E-state index is 12.8. The van der Waals surface area contributed by atoms with E-state index in [1.807, 2.05) is 33.3 Å². The zero-order chi connectivity index (χ0) is 43.6. The Bertz CT molecular complexity index is 1160. The Balaban J connectivity index is 2.48. The first-order valence-corrected chi connectivity index (χ1v) is 24.6. The molecule has 1 saturated heterocycles. The van der Waals surface area contributed by atoms with Crippen LogP contribution in [0.5, 0.6) is 0 Å². The van der Waals surface area contributed by atoms with Crippen molar-refractivity contribution in [2.75, 3.05) is 54.1 Å². The minimum Gasteiger partial charge on any atom is -0.457 e. The molecule has 7 atom stereocenters. The van der Waals surface area contributed by atoms with Gasteiger partial charge in [0.1, 0.15) is 19.3 Å². The zero-order valence-corrected chi connectivity index (χ0v) is 38.7. The number of quaternary nitrogens is 1. The lowest BCUT2D eigenvalue weighted by atomic mass is 9.87. The molecular weight excluding hydrogens is 773 g/mol. The number of hydrogen-bond donors (Lipinski definition) is 4. The molecule has 0 saturated carbocycles. The van der Waals surface area contributed by atoms with Gasteiger partial charge in [-0.3, -0.25) is 13.8 Å². The fourth-order valence-corrected chi connectivity index (χ4v) is 7.50. The first-order valence-electron chi connectivity index (χ1n) is 23.1. The highest BCUT2D eigenvalue weighted by Crippen LogP contribution is 2.43. The highest BCUT2D eigenvalue weighted by atomic mass is 31.2. The number of phosphoric ester groups is 1. The van der Waals surface area contributed by atoms with Crippen molar-refractivity contribution in [1.82, 2.24) is 0 Å². The van der Waals surface area contributed by atoms with Crippen molar-refractivity contribution in [2.24, 2.45) is 5.92 Å². The van der Waals surface area contributed by atoms with E-state index in [-0.39, 0.29) is 38.6 Å². The van der Waals surface area contributed by atoms with Crippen molar-refractivity contribution in [3.8, 4) is 0 Å². The largest absolute Gasteiger partial charge is 0.472 e.